The Bertz CT molecular complexity index is 681. The zero-order valence-electron chi connectivity index (χ0n) is 10.3. The van der Waals surface area contributed by atoms with E-state index in [0.29, 0.717) is 21.8 Å². The molecule has 20 heavy (non-hydrogen) atoms. The first-order valence-electron chi connectivity index (χ1n) is 5.73. The maximum atomic E-state index is 11.4. The lowest BCUT2D eigenvalue weighted by molar-refractivity contribution is -0.130. The highest BCUT2D eigenvalue weighted by Crippen LogP contribution is 2.25. The number of halogens is 2. The Kier molecular flexibility index (Phi) is 4.47. The van der Waals surface area contributed by atoms with Crippen LogP contribution in [0.25, 0.3) is 11.6 Å². The van der Waals surface area contributed by atoms with Crippen molar-refractivity contribution in [2.75, 3.05) is 5.73 Å². The average molecular weight is 353 g/mol. The van der Waals surface area contributed by atoms with Gasteiger partial charge >= 0.3 is 5.97 Å². The van der Waals surface area contributed by atoms with E-state index in [-0.39, 0.29) is 5.57 Å². The molecule has 0 aromatic heterocycles. The lowest BCUT2D eigenvalue weighted by Gasteiger charge is -2.06. The van der Waals surface area contributed by atoms with Crippen molar-refractivity contribution in [3.8, 4) is 0 Å². The monoisotopic (exact) mass is 351 g/mol. The molecule has 0 unspecified atom stereocenters. The smallest absolute Gasteiger partial charge is 0.336 e. The van der Waals surface area contributed by atoms with Crippen LogP contribution in [0.1, 0.15) is 11.1 Å². The molecule has 3 N–H and O–H groups in total. The van der Waals surface area contributed by atoms with Gasteiger partial charge in [0.25, 0.3) is 0 Å². The fourth-order valence-electron chi connectivity index (χ4n) is 1.73. The molecule has 0 spiro atoms. The summed E-state index contributed by atoms with van der Waals surface area (Å²) in [7, 11) is 0. The Morgan fingerprint density at radius 3 is 2.40 bits per heavy atom. The van der Waals surface area contributed by atoms with Gasteiger partial charge in [0.1, 0.15) is 0 Å². The van der Waals surface area contributed by atoms with Gasteiger partial charge in [0.05, 0.1) is 5.57 Å². The van der Waals surface area contributed by atoms with Gasteiger partial charge in [-0.3, -0.25) is 0 Å². The van der Waals surface area contributed by atoms with Crippen molar-refractivity contribution < 1.29 is 9.90 Å². The third-order valence-corrected chi connectivity index (χ3v) is 3.50. The van der Waals surface area contributed by atoms with Crippen LogP contribution in [0.4, 0.5) is 5.69 Å². The van der Waals surface area contributed by atoms with Crippen molar-refractivity contribution in [1.82, 2.24) is 0 Å². The van der Waals surface area contributed by atoms with Crippen molar-refractivity contribution in [2.24, 2.45) is 0 Å². The summed E-state index contributed by atoms with van der Waals surface area (Å²) in [5, 5.41) is 9.87. The van der Waals surface area contributed by atoms with Crippen molar-refractivity contribution in [3.63, 3.8) is 0 Å². The van der Waals surface area contributed by atoms with Gasteiger partial charge in [-0.25, -0.2) is 4.79 Å². The summed E-state index contributed by atoms with van der Waals surface area (Å²) >= 11 is 9.14. The van der Waals surface area contributed by atoms with E-state index in [2.05, 4.69) is 15.9 Å². The molecule has 0 fully saturated rings. The lowest BCUT2D eigenvalue weighted by Crippen LogP contribution is -2.00. The minimum atomic E-state index is -1.01. The standard InChI is InChI=1S/C15H11BrClNO2/c16-11-4-1-9(2-5-11)13(15(19)20)7-10-3-6-12(17)8-14(10)18/h1-8H,18H2,(H,19,20)/b13-7+. The summed E-state index contributed by atoms with van der Waals surface area (Å²) in [6.45, 7) is 0. The first-order chi connectivity index (χ1) is 9.47. The van der Waals surface area contributed by atoms with Crippen molar-refractivity contribution in [2.45, 2.75) is 0 Å². The lowest BCUT2D eigenvalue weighted by atomic mass is 10.0. The Morgan fingerprint density at radius 1 is 1.20 bits per heavy atom. The predicted molar refractivity (Wildman–Crippen MR) is 85.5 cm³/mol. The third-order valence-electron chi connectivity index (χ3n) is 2.73. The minimum Gasteiger partial charge on any atom is -0.478 e. The summed E-state index contributed by atoms with van der Waals surface area (Å²) in [5.74, 6) is -1.01. The molecule has 0 aliphatic carbocycles. The Labute approximate surface area is 129 Å². The van der Waals surface area contributed by atoms with Crippen LogP contribution in [-0.4, -0.2) is 11.1 Å². The molecule has 0 saturated heterocycles. The van der Waals surface area contributed by atoms with Crippen LogP contribution in [0.2, 0.25) is 5.02 Å². The number of carboxylic acid groups (broad SMARTS) is 1. The molecule has 0 heterocycles. The number of benzene rings is 2. The predicted octanol–water partition coefficient (Wildman–Crippen LogP) is 4.31. The second-order valence-electron chi connectivity index (χ2n) is 4.14. The van der Waals surface area contributed by atoms with E-state index < -0.39 is 5.97 Å². The Morgan fingerprint density at radius 2 is 1.85 bits per heavy atom. The minimum absolute atomic E-state index is 0.173. The second kappa shape index (κ2) is 6.11. The fraction of sp³-hybridized carbons (Fsp3) is 0. The van der Waals surface area contributed by atoms with E-state index >= 15 is 0 Å². The highest BCUT2D eigenvalue weighted by molar-refractivity contribution is 9.10. The molecular formula is C15H11BrClNO2. The number of rotatable bonds is 3. The van der Waals surface area contributed by atoms with E-state index in [1.807, 2.05) is 0 Å². The maximum Gasteiger partial charge on any atom is 0.336 e. The van der Waals surface area contributed by atoms with Gasteiger partial charge in [-0.05, 0) is 41.5 Å². The highest BCUT2D eigenvalue weighted by atomic mass is 79.9. The van der Waals surface area contributed by atoms with Crippen molar-refractivity contribution in [3.05, 3.63) is 63.1 Å². The summed E-state index contributed by atoms with van der Waals surface area (Å²) < 4.78 is 0.886. The molecule has 0 aliphatic heterocycles. The van der Waals surface area contributed by atoms with E-state index in [4.69, 9.17) is 17.3 Å². The number of nitrogens with two attached hydrogens (primary N) is 1. The zero-order valence-corrected chi connectivity index (χ0v) is 12.6. The Hall–Kier alpha value is -1.78. The summed E-state index contributed by atoms with van der Waals surface area (Å²) in [5.41, 5.74) is 7.68. The van der Waals surface area contributed by atoms with Gasteiger partial charge in [0.15, 0.2) is 0 Å². The first kappa shape index (κ1) is 14.6. The van der Waals surface area contributed by atoms with Crippen LogP contribution in [0, 0.1) is 0 Å². The van der Waals surface area contributed by atoms with Gasteiger partial charge in [-0.1, -0.05) is 45.7 Å². The van der Waals surface area contributed by atoms with Gasteiger partial charge in [0.2, 0.25) is 0 Å². The number of anilines is 1. The number of hydrogen-bond donors (Lipinski definition) is 2. The molecule has 3 nitrogen and oxygen atoms in total. The largest absolute Gasteiger partial charge is 0.478 e. The fourth-order valence-corrected chi connectivity index (χ4v) is 2.18. The van der Waals surface area contributed by atoms with Gasteiger partial charge in [0, 0.05) is 15.2 Å². The van der Waals surface area contributed by atoms with Crippen molar-refractivity contribution in [1.29, 1.82) is 0 Å². The summed E-state index contributed by atoms with van der Waals surface area (Å²) in [6.07, 6.45) is 1.54. The topological polar surface area (TPSA) is 63.3 Å². The molecule has 2 rings (SSSR count). The molecule has 0 bridgehead atoms. The van der Waals surface area contributed by atoms with Crippen LogP contribution < -0.4 is 5.73 Å². The van der Waals surface area contributed by atoms with E-state index in [0.717, 1.165) is 4.47 Å². The van der Waals surface area contributed by atoms with Crippen LogP contribution in [0.5, 0.6) is 0 Å². The number of hydrogen-bond acceptors (Lipinski definition) is 2. The van der Waals surface area contributed by atoms with Gasteiger partial charge in [-0.15, -0.1) is 0 Å². The second-order valence-corrected chi connectivity index (χ2v) is 5.50. The van der Waals surface area contributed by atoms with Crippen molar-refractivity contribution >= 4 is 50.8 Å². The SMILES string of the molecule is Nc1cc(Cl)ccc1/C=C(/C(=O)O)c1ccc(Br)cc1. The summed E-state index contributed by atoms with van der Waals surface area (Å²) in [6, 6.07) is 12.0. The van der Waals surface area contributed by atoms with Gasteiger partial charge in [-0.2, -0.15) is 0 Å². The van der Waals surface area contributed by atoms with Gasteiger partial charge < -0.3 is 10.8 Å². The summed E-state index contributed by atoms with van der Waals surface area (Å²) in [4.78, 5) is 11.4. The quantitative estimate of drug-likeness (QED) is 0.491. The molecule has 102 valence electrons. The normalized spacial score (nSPS) is 11.4. The third kappa shape index (κ3) is 3.40. The molecule has 0 atom stereocenters. The van der Waals surface area contributed by atoms with Crippen LogP contribution in [-0.2, 0) is 4.79 Å². The molecule has 2 aromatic carbocycles. The molecule has 0 radical (unpaired) electrons. The Balaban J connectivity index is 2.50. The zero-order chi connectivity index (χ0) is 14.7. The highest BCUT2D eigenvalue weighted by Gasteiger charge is 2.11. The molecule has 0 amide bonds. The van der Waals surface area contributed by atoms with E-state index in [1.54, 1.807) is 42.5 Å². The van der Waals surface area contributed by atoms with E-state index in [1.165, 1.54) is 6.08 Å². The molecule has 0 saturated carbocycles. The maximum absolute atomic E-state index is 11.4. The first-order valence-corrected chi connectivity index (χ1v) is 6.90. The average Bonchev–Trinajstić information content (AvgIpc) is 2.39. The number of carboxylic acids is 1. The molecule has 0 aliphatic rings. The number of carbonyl (C=O) groups is 1. The van der Waals surface area contributed by atoms with E-state index in [9.17, 15) is 9.90 Å². The molecule has 2 aromatic rings. The number of nitrogen functional groups attached to an aromatic ring is 1. The number of aliphatic carboxylic acids is 1. The van der Waals surface area contributed by atoms with Crippen LogP contribution in [0.15, 0.2) is 46.9 Å². The van der Waals surface area contributed by atoms with Crippen LogP contribution in [0.3, 0.4) is 0 Å². The molecular weight excluding hydrogens is 342 g/mol. The molecule has 5 heteroatoms. The van der Waals surface area contributed by atoms with Crippen LogP contribution >= 0.6 is 27.5 Å².